The van der Waals surface area contributed by atoms with Crippen LogP contribution in [0.5, 0.6) is 0 Å². The summed E-state index contributed by atoms with van der Waals surface area (Å²) in [5.41, 5.74) is 7.92. The highest BCUT2D eigenvalue weighted by Crippen LogP contribution is 2.42. The van der Waals surface area contributed by atoms with Gasteiger partial charge in [-0.1, -0.05) is 32.0 Å². The Morgan fingerprint density at radius 3 is 2.63 bits per heavy atom. The molecule has 2 heteroatoms. The molecule has 1 aliphatic carbocycles. The van der Waals surface area contributed by atoms with Crippen LogP contribution in [0.4, 0.5) is 0 Å². The maximum Gasteiger partial charge on any atom is 0.0420 e. The number of fused-ring (bicyclic) bond motifs is 1. The van der Waals surface area contributed by atoms with Crippen molar-refractivity contribution in [2.45, 2.75) is 38.6 Å². The van der Waals surface area contributed by atoms with Crippen LogP contribution in [0.1, 0.15) is 38.7 Å². The first-order valence-corrected chi connectivity index (χ1v) is 7.20. The smallest absolute Gasteiger partial charge is 0.0420 e. The van der Waals surface area contributed by atoms with Crippen LogP contribution in [0.3, 0.4) is 0 Å². The molecule has 0 bridgehead atoms. The average Bonchev–Trinajstić information content (AvgIpc) is 2.36. The molecule has 2 nitrogen and oxygen atoms in total. The molecule has 2 N–H and O–H groups in total. The van der Waals surface area contributed by atoms with Gasteiger partial charge in [0.15, 0.2) is 0 Å². The largest absolute Gasteiger partial charge is 0.321 e. The summed E-state index contributed by atoms with van der Waals surface area (Å²) in [6.07, 6.45) is 7.26. The van der Waals surface area contributed by atoms with Gasteiger partial charge in [-0.05, 0) is 48.1 Å². The van der Waals surface area contributed by atoms with Crippen molar-refractivity contribution in [3.8, 4) is 0 Å². The molecule has 0 amide bonds. The molecule has 1 aromatic carbocycles. The first kappa shape index (κ1) is 12.6. The quantitative estimate of drug-likeness (QED) is 0.839. The third-order valence-electron chi connectivity index (χ3n) is 4.45. The third-order valence-corrected chi connectivity index (χ3v) is 4.45. The summed E-state index contributed by atoms with van der Waals surface area (Å²) in [6.45, 7) is 4.65. The molecule has 2 atom stereocenters. The maximum atomic E-state index is 6.81. The summed E-state index contributed by atoms with van der Waals surface area (Å²) in [6, 6.07) is 8.53. The van der Waals surface area contributed by atoms with Gasteiger partial charge in [-0.3, -0.25) is 4.98 Å². The van der Waals surface area contributed by atoms with Crippen LogP contribution in [0.2, 0.25) is 0 Å². The molecule has 1 heterocycles. The van der Waals surface area contributed by atoms with E-state index < -0.39 is 0 Å². The zero-order valence-corrected chi connectivity index (χ0v) is 11.8. The summed E-state index contributed by atoms with van der Waals surface area (Å²) in [4.78, 5) is 4.21. The van der Waals surface area contributed by atoms with Gasteiger partial charge in [-0.15, -0.1) is 0 Å². The highest BCUT2D eigenvalue weighted by atomic mass is 14.8. The highest BCUT2D eigenvalue weighted by Gasteiger charge is 2.36. The molecule has 1 aliphatic rings. The van der Waals surface area contributed by atoms with E-state index in [-0.39, 0.29) is 5.54 Å². The summed E-state index contributed by atoms with van der Waals surface area (Å²) >= 11 is 0. The highest BCUT2D eigenvalue weighted by molar-refractivity contribution is 5.85. The number of aromatic nitrogens is 1. The summed E-state index contributed by atoms with van der Waals surface area (Å²) in [5.74, 6) is 1.40. The molecule has 2 unspecified atom stereocenters. The predicted octanol–water partition coefficient (Wildman–Crippen LogP) is 3.84. The Morgan fingerprint density at radius 1 is 1.16 bits per heavy atom. The Hall–Kier alpha value is -1.41. The first-order valence-electron chi connectivity index (χ1n) is 7.20. The molecule has 19 heavy (non-hydrogen) atoms. The van der Waals surface area contributed by atoms with E-state index in [1.807, 2.05) is 12.4 Å². The second-order valence-corrected chi connectivity index (χ2v) is 6.41. The van der Waals surface area contributed by atoms with E-state index in [1.165, 1.54) is 22.8 Å². The zero-order valence-electron chi connectivity index (χ0n) is 11.8. The lowest BCUT2D eigenvalue weighted by Gasteiger charge is -2.41. The van der Waals surface area contributed by atoms with Crippen LogP contribution in [0, 0.1) is 11.8 Å². The fourth-order valence-corrected chi connectivity index (χ4v) is 3.96. The standard InChI is InChI=1S/C17H22N2/c1-12-8-13(2)10-17(18,9-12)16-5-3-4-14-11-19-7-6-15(14)16/h3-7,11-13H,8-10,18H2,1-2H3. The second-order valence-electron chi connectivity index (χ2n) is 6.41. The SMILES string of the molecule is CC1CC(C)CC(N)(c2cccc3cnccc23)C1. The molecular weight excluding hydrogens is 232 g/mol. The van der Waals surface area contributed by atoms with E-state index >= 15 is 0 Å². The summed E-state index contributed by atoms with van der Waals surface area (Å²) in [5, 5.41) is 2.46. The molecule has 100 valence electrons. The van der Waals surface area contributed by atoms with E-state index in [4.69, 9.17) is 5.73 Å². The third kappa shape index (κ3) is 2.25. The van der Waals surface area contributed by atoms with Gasteiger partial charge in [0.1, 0.15) is 0 Å². The van der Waals surface area contributed by atoms with Gasteiger partial charge in [-0.2, -0.15) is 0 Å². The fraction of sp³-hybridized carbons (Fsp3) is 0.471. The summed E-state index contributed by atoms with van der Waals surface area (Å²) < 4.78 is 0. The minimum atomic E-state index is -0.183. The van der Waals surface area contributed by atoms with Gasteiger partial charge in [-0.25, -0.2) is 0 Å². The fourth-order valence-electron chi connectivity index (χ4n) is 3.96. The number of rotatable bonds is 1. The van der Waals surface area contributed by atoms with Crippen LogP contribution in [0.25, 0.3) is 10.8 Å². The lowest BCUT2D eigenvalue weighted by atomic mass is 9.68. The first-order chi connectivity index (χ1) is 9.08. The van der Waals surface area contributed by atoms with E-state index in [2.05, 4.69) is 43.1 Å². The molecule has 1 saturated carbocycles. The molecule has 1 aromatic heterocycles. The van der Waals surface area contributed by atoms with Crippen molar-refractivity contribution in [1.29, 1.82) is 0 Å². The van der Waals surface area contributed by atoms with Crippen molar-refractivity contribution in [3.05, 3.63) is 42.2 Å². The lowest BCUT2D eigenvalue weighted by Crippen LogP contribution is -2.43. The van der Waals surface area contributed by atoms with Crippen LogP contribution >= 0.6 is 0 Å². The van der Waals surface area contributed by atoms with Gasteiger partial charge in [0.2, 0.25) is 0 Å². The Morgan fingerprint density at radius 2 is 1.89 bits per heavy atom. The van der Waals surface area contributed by atoms with E-state index in [9.17, 15) is 0 Å². The van der Waals surface area contributed by atoms with Gasteiger partial charge in [0, 0.05) is 23.3 Å². The second kappa shape index (κ2) is 4.61. The lowest BCUT2D eigenvalue weighted by molar-refractivity contribution is 0.185. The van der Waals surface area contributed by atoms with E-state index in [0.717, 1.165) is 12.8 Å². The number of nitrogens with two attached hydrogens (primary N) is 1. The maximum absolute atomic E-state index is 6.81. The summed E-state index contributed by atoms with van der Waals surface area (Å²) in [7, 11) is 0. The van der Waals surface area contributed by atoms with Crippen molar-refractivity contribution in [2.75, 3.05) is 0 Å². The van der Waals surface area contributed by atoms with Crippen molar-refractivity contribution in [3.63, 3.8) is 0 Å². The molecular formula is C17H22N2. The predicted molar refractivity (Wildman–Crippen MR) is 79.8 cm³/mol. The number of nitrogens with zero attached hydrogens (tertiary/aromatic N) is 1. The number of hydrogen-bond donors (Lipinski definition) is 1. The normalized spacial score (nSPS) is 31.5. The van der Waals surface area contributed by atoms with E-state index in [1.54, 1.807) is 0 Å². The minimum absolute atomic E-state index is 0.183. The average molecular weight is 254 g/mol. The minimum Gasteiger partial charge on any atom is -0.321 e. The van der Waals surface area contributed by atoms with Gasteiger partial charge >= 0.3 is 0 Å². The molecule has 0 radical (unpaired) electrons. The van der Waals surface area contributed by atoms with Crippen LogP contribution < -0.4 is 5.73 Å². The van der Waals surface area contributed by atoms with Crippen LogP contribution in [0.15, 0.2) is 36.7 Å². The van der Waals surface area contributed by atoms with Gasteiger partial charge in [0.25, 0.3) is 0 Å². The Bertz CT molecular complexity index is 575. The molecule has 0 aliphatic heterocycles. The van der Waals surface area contributed by atoms with Crippen LogP contribution in [-0.4, -0.2) is 4.98 Å². The monoisotopic (exact) mass is 254 g/mol. The van der Waals surface area contributed by atoms with Gasteiger partial charge < -0.3 is 5.73 Å². The van der Waals surface area contributed by atoms with Crippen molar-refractivity contribution >= 4 is 10.8 Å². The molecule has 0 spiro atoms. The molecule has 1 fully saturated rings. The number of hydrogen-bond acceptors (Lipinski definition) is 2. The molecule has 0 saturated heterocycles. The van der Waals surface area contributed by atoms with Crippen LogP contribution in [-0.2, 0) is 5.54 Å². The zero-order chi connectivity index (χ0) is 13.5. The van der Waals surface area contributed by atoms with Crippen molar-refractivity contribution in [2.24, 2.45) is 17.6 Å². The topological polar surface area (TPSA) is 38.9 Å². The Balaban J connectivity index is 2.12. The Labute approximate surface area is 115 Å². The Kier molecular flexibility index (Phi) is 3.06. The molecule has 3 rings (SSSR count). The van der Waals surface area contributed by atoms with Crippen molar-refractivity contribution in [1.82, 2.24) is 4.98 Å². The van der Waals surface area contributed by atoms with Crippen molar-refractivity contribution < 1.29 is 0 Å². The number of benzene rings is 1. The molecule has 2 aromatic rings. The van der Waals surface area contributed by atoms with Gasteiger partial charge in [0.05, 0.1) is 0 Å². The van der Waals surface area contributed by atoms with E-state index in [0.29, 0.717) is 11.8 Å². The number of pyridine rings is 1.